The van der Waals surface area contributed by atoms with Gasteiger partial charge >= 0.3 is 0 Å². The number of nitrogens with zero attached hydrogens (tertiary/aromatic N) is 2. The molecule has 2 rings (SSSR count). The minimum atomic E-state index is -0.323. The van der Waals surface area contributed by atoms with Crippen LogP contribution in [0.3, 0.4) is 0 Å². The van der Waals surface area contributed by atoms with Crippen LogP contribution in [0.4, 0.5) is 4.39 Å². The summed E-state index contributed by atoms with van der Waals surface area (Å²) in [6, 6.07) is 4.68. The molecule has 0 aliphatic rings. The minimum absolute atomic E-state index is 0.266. The molecule has 0 amide bonds. The van der Waals surface area contributed by atoms with Crippen molar-refractivity contribution >= 4 is 11.6 Å². The molecule has 1 aromatic heterocycles. The quantitative estimate of drug-likeness (QED) is 0.910. The third kappa shape index (κ3) is 3.55. The SMILES string of the molecule is CCNC(C)c1cnn(Cc2ccc(F)cc2Cl)c1. The van der Waals surface area contributed by atoms with E-state index in [1.54, 1.807) is 6.07 Å². The van der Waals surface area contributed by atoms with Gasteiger partial charge in [-0.2, -0.15) is 5.10 Å². The maximum Gasteiger partial charge on any atom is 0.124 e. The van der Waals surface area contributed by atoms with Gasteiger partial charge in [-0.05, 0) is 31.2 Å². The molecule has 0 saturated heterocycles. The van der Waals surface area contributed by atoms with Gasteiger partial charge in [-0.3, -0.25) is 4.68 Å². The topological polar surface area (TPSA) is 29.9 Å². The van der Waals surface area contributed by atoms with Crippen LogP contribution in [0, 0.1) is 5.82 Å². The van der Waals surface area contributed by atoms with E-state index < -0.39 is 0 Å². The lowest BCUT2D eigenvalue weighted by atomic mass is 10.2. The van der Waals surface area contributed by atoms with Gasteiger partial charge in [0.05, 0.1) is 12.7 Å². The maximum absolute atomic E-state index is 13.0. The van der Waals surface area contributed by atoms with E-state index in [2.05, 4.69) is 24.3 Å². The number of aromatic nitrogens is 2. The molecule has 1 unspecified atom stereocenters. The molecule has 0 spiro atoms. The predicted molar refractivity (Wildman–Crippen MR) is 74.8 cm³/mol. The number of halogens is 2. The molecule has 0 bridgehead atoms. The van der Waals surface area contributed by atoms with Crippen LogP contribution in [-0.4, -0.2) is 16.3 Å². The van der Waals surface area contributed by atoms with E-state index in [1.165, 1.54) is 12.1 Å². The van der Waals surface area contributed by atoms with E-state index in [0.29, 0.717) is 11.6 Å². The summed E-state index contributed by atoms with van der Waals surface area (Å²) in [7, 11) is 0. The fraction of sp³-hybridized carbons (Fsp3) is 0.357. The second-order valence-corrected chi connectivity index (χ2v) is 4.89. The predicted octanol–water partition coefficient (Wildman–Crippen LogP) is 3.39. The van der Waals surface area contributed by atoms with Crippen LogP contribution in [-0.2, 0) is 6.54 Å². The lowest BCUT2D eigenvalue weighted by Crippen LogP contribution is -2.17. The second kappa shape index (κ2) is 6.17. The summed E-state index contributed by atoms with van der Waals surface area (Å²) in [6.07, 6.45) is 3.82. The monoisotopic (exact) mass is 281 g/mol. The highest BCUT2D eigenvalue weighted by Crippen LogP contribution is 2.19. The first-order valence-corrected chi connectivity index (χ1v) is 6.67. The van der Waals surface area contributed by atoms with Gasteiger partial charge < -0.3 is 5.32 Å². The van der Waals surface area contributed by atoms with Gasteiger partial charge in [0.1, 0.15) is 5.82 Å². The zero-order valence-electron chi connectivity index (χ0n) is 11.0. The molecule has 0 saturated carbocycles. The molecule has 2 aromatic rings. The lowest BCUT2D eigenvalue weighted by molar-refractivity contribution is 0.596. The molecule has 0 aliphatic carbocycles. The second-order valence-electron chi connectivity index (χ2n) is 4.49. The first kappa shape index (κ1) is 14.0. The summed E-state index contributed by atoms with van der Waals surface area (Å²) >= 11 is 6.01. The van der Waals surface area contributed by atoms with E-state index in [1.807, 2.05) is 17.1 Å². The lowest BCUT2D eigenvalue weighted by Gasteiger charge is -2.09. The van der Waals surface area contributed by atoms with Crippen LogP contribution < -0.4 is 5.32 Å². The van der Waals surface area contributed by atoms with E-state index in [0.717, 1.165) is 17.7 Å². The largest absolute Gasteiger partial charge is 0.310 e. The first-order chi connectivity index (χ1) is 9.10. The average Bonchev–Trinajstić information content (AvgIpc) is 2.82. The molecule has 0 radical (unpaired) electrons. The van der Waals surface area contributed by atoms with Crippen LogP contribution >= 0.6 is 11.6 Å². The Labute approximate surface area is 117 Å². The highest BCUT2D eigenvalue weighted by Gasteiger charge is 2.08. The molecule has 0 aliphatic heterocycles. The van der Waals surface area contributed by atoms with Crippen molar-refractivity contribution in [1.82, 2.24) is 15.1 Å². The number of rotatable bonds is 5. The summed E-state index contributed by atoms with van der Waals surface area (Å²) in [5, 5.41) is 8.06. The summed E-state index contributed by atoms with van der Waals surface area (Å²) in [5.74, 6) is -0.323. The van der Waals surface area contributed by atoms with Crippen LogP contribution in [0.5, 0.6) is 0 Å². The number of hydrogen-bond donors (Lipinski definition) is 1. The van der Waals surface area contributed by atoms with Gasteiger partial charge in [-0.25, -0.2) is 4.39 Å². The van der Waals surface area contributed by atoms with E-state index in [4.69, 9.17) is 11.6 Å². The molecular weight excluding hydrogens is 265 g/mol. The Balaban J connectivity index is 2.11. The van der Waals surface area contributed by atoms with Crippen LogP contribution in [0.15, 0.2) is 30.6 Å². The zero-order valence-corrected chi connectivity index (χ0v) is 11.8. The summed E-state index contributed by atoms with van der Waals surface area (Å²) in [4.78, 5) is 0. The molecule has 1 heterocycles. The molecule has 1 N–H and O–H groups in total. The van der Waals surface area contributed by atoms with E-state index in [9.17, 15) is 4.39 Å². The minimum Gasteiger partial charge on any atom is -0.310 e. The number of nitrogens with one attached hydrogen (secondary N) is 1. The Morgan fingerprint density at radius 2 is 2.26 bits per heavy atom. The van der Waals surface area contributed by atoms with E-state index in [-0.39, 0.29) is 11.9 Å². The Kier molecular flexibility index (Phi) is 4.56. The Bertz CT molecular complexity index is 553. The van der Waals surface area contributed by atoms with Crippen molar-refractivity contribution in [2.45, 2.75) is 26.4 Å². The van der Waals surface area contributed by atoms with Crippen molar-refractivity contribution in [2.75, 3.05) is 6.54 Å². The summed E-state index contributed by atoms with van der Waals surface area (Å²) in [6.45, 7) is 5.61. The van der Waals surface area contributed by atoms with Gasteiger partial charge in [0, 0.05) is 22.8 Å². The summed E-state index contributed by atoms with van der Waals surface area (Å²) < 4.78 is 14.8. The highest BCUT2D eigenvalue weighted by molar-refractivity contribution is 6.31. The standard InChI is InChI=1S/C14H17ClFN3/c1-3-17-10(2)12-7-18-19(9-12)8-11-4-5-13(16)6-14(11)15/h4-7,9-10,17H,3,8H2,1-2H3. The number of hydrogen-bond acceptors (Lipinski definition) is 2. The van der Waals surface area contributed by atoms with Crippen molar-refractivity contribution in [3.8, 4) is 0 Å². The number of benzene rings is 1. The third-order valence-electron chi connectivity index (χ3n) is 3.01. The van der Waals surface area contributed by atoms with Crippen molar-refractivity contribution in [1.29, 1.82) is 0 Å². The summed E-state index contributed by atoms with van der Waals surface area (Å²) in [5.41, 5.74) is 1.98. The molecule has 19 heavy (non-hydrogen) atoms. The Morgan fingerprint density at radius 3 is 2.95 bits per heavy atom. The van der Waals surface area contributed by atoms with Gasteiger partial charge in [0.2, 0.25) is 0 Å². The zero-order chi connectivity index (χ0) is 13.8. The molecular formula is C14H17ClFN3. The van der Waals surface area contributed by atoms with Gasteiger partial charge in [-0.15, -0.1) is 0 Å². The van der Waals surface area contributed by atoms with E-state index >= 15 is 0 Å². The Morgan fingerprint density at radius 1 is 1.47 bits per heavy atom. The normalized spacial score (nSPS) is 12.6. The fourth-order valence-electron chi connectivity index (χ4n) is 1.94. The molecule has 5 heteroatoms. The van der Waals surface area contributed by atoms with Crippen molar-refractivity contribution in [3.05, 3.63) is 52.6 Å². The highest BCUT2D eigenvalue weighted by atomic mass is 35.5. The van der Waals surface area contributed by atoms with Crippen molar-refractivity contribution < 1.29 is 4.39 Å². The first-order valence-electron chi connectivity index (χ1n) is 6.29. The van der Waals surface area contributed by atoms with Crippen LogP contribution in [0.2, 0.25) is 5.02 Å². The maximum atomic E-state index is 13.0. The fourth-order valence-corrected chi connectivity index (χ4v) is 2.17. The van der Waals surface area contributed by atoms with Crippen molar-refractivity contribution in [3.63, 3.8) is 0 Å². The average molecular weight is 282 g/mol. The molecule has 1 aromatic carbocycles. The third-order valence-corrected chi connectivity index (χ3v) is 3.36. The van der Waals surface area contributed by atoms with Gasteiger partial charge in [-0.1, -0.05) is 24.6 Å². The van der Waals surface area contributed by atoms with Crippen LogP contribution in [0.1, 0.15) is 31.0 Å². The molecule has 1 atom stereocenters. The molecule has 3 nitrogen and oxygen atoms in total. The van der Waals surface area contributed by atoms with Crippen molar-refractivity contribution in [2.24, 2.45) is 0 Å². The van der Waals surface area contributed by atoms with Crippen LogP contribution in [0.25, 0.3) is 0 Å². The van der Waals surface area contributed by atoms with Gasteiger partial charge in [0.15, 0.2) is 0 Å². The molecule has 0 fully saturated rings. The smallest absolute Gasteiger partial charge is 0.124 e. The molecule has 102 valence electrons. The van der Waals surface area contributed by atoms with Gasteiger partial charge in [0.25, 0.3) is 0 Å². The Hall–Kier alpha value is -1.39.